The fraction of sp³-hybridized carbons (Fsp3) is 0.364. The standard InChI is InChI=1S/C11H14O4/c1-6-4-5-8(12)9(7(6)2)10(13)11(14)15-3/h4-5,10,12-13H,1-3H3. The first-order valence-corrected chi connectivity index (χ1v) is 4.54. The number of methoxy groups -OCH3 is 1. The fourth-order valence-electron chi connectivity index (χ4n) is 1.40. The van der Waals surface area contributed by atoms with Crippen LogP contribution in [0, 0.1) is 13.8 Å². The van der Waals surface area contributed by atoms with Crippen LogP contribution in [0.2, 0.25) is 0 Å². The van der Waals surface area contributed by atoms with Crippen LogP contribution < -0.4 is 0 Å². The second-order valence-corrected chi connectivity index (χ2v) is 3.37. The molecule has 4 nitrogen and oxygen atoms in total. The van der Waals surface area contributed by atoms with Crippen LogP contribution in [-0.2, 0) is 9.53 Å². The molecule has 0 aliphatic rings. The van der Waals surface area contributed by atoms with Crippen LogP contribution >= 0.6 is 0 Å². The highest BCUT2D eigenvalue weighted by Gasteiger charge is 2.23. The van der Waals surface area contributed by atoms with Gasteiger partial charge in [-0.15, -0.1) is 0 Å². The molecule has 1 aromatic rings. The predicted octanol–water partition coefficient (Wildman–Crippen LogP) is 1.22. The molecule has 15 heavy (non-hydrogen) atoms. The van der Waals surface area contributed by atoms with Crippen molar-refractivity contribution in [1.82, 2.24) is 0 Å². The maximum absolute atomic E-state index is 11.1. The number of aromatic hydroxyl groups is 1. The van der Waals surface area contributed by atoms with Crippen molar-refractivity contribution in [3.8, 4) is 5.75 Å². The minimum absolute atomic E-state index is 0.101. The SMILES string of the molecule is COC(=O)C(O)c1c(O)ccc(C)c1C. The van der Waals surface area contributed by atoms with Crippen LogP contribution in [0.15, 0.2) is 12.1 Å². The summed E-state index contributed by atoms with van der Waals surface area (Å²) in [6.45, 7) is 3.57. The number of phenolic OH excluding ortho intramolecular Hbond substituents is 1. The maximum Gasteiger partial charge on any atom is 0.339 e. The average molecular weight is 210 g/mol. The van der Waals surface area contributed by atoms with Crippen molar-refractivity contribution >= 4 is 5.97 Å². The van der Waals surface area contributed by atoms with E-state index in [-0.39, 0.29) is 11.3 Å². The minimum Gasteiger partial charge on any atom is -0.508 e. The lowest BCUT2D eigenvalue weighted by atomic mass is 9.98. The van der Waals surface area contributed by atoms with Crippen molar-refractivity contribution in [2.75, 3.05) is 7.11 Å². The van der Waals surface area contributed by atoms with Crippen LogP contribution in [0.1, 0.15) is 22.8 Å². The second-order valence-electron chi connectivity index (χ2n) is 3.37. The molecular weight excluding hydrogens is 196 g/mol. The number of phenols is 1. The van der Waals surface area contributed by atoms with Gasteiger partial charge in [0.05, 0.1) is 7.11 Å². The van der Waals surface area contributed by atoms with Crippen molar-refractivity contribution in [1.29, 1.82) is 0 Å². The lowest BCUT2D eigenvalue weighted by Crippen LogP contribution is -2.15. The molecule has 0 fully saturated rings. The van der Waals surface area contributed by atoms with E-state index in [4.69, 9.17) is 0 Å². The van der Waals surface area contributed by atoms with E-state index in [1.54, 1.807) is 13.0 Å². The molecule has 0 saturated carbocycles. The molecular formula is C11H14O4. The van der Waals surface area contributed by atoms with Crippen LogP contribution in [-0.4, -0.2) is 23.3 Å². The number of aliphatic hydroxyl groups is 1. The molecule has 0 aliphatic heterocycles. The Hall–Kier alpha value is -1.55. The third-order valence-corrected chi connectivity index (χ3v) is 2.46. The van der Waals surface area contributed by atoms with Gasteiger partial charge in [0.2, 0.25) is 0 Å². The quantitative estimate of drug-likeness (QED) is 0.720. The van der Waals surface area contributed by atoms with E-state index in [1.807, 2.05) is 6.92 Å². The van der Waals surface area contributed by atoms with E-state index >= 15 is 0 Å². The summed E-state index contributed by atoms with van der Waals surface area (Å²) in [5.74, 6) is -0.880. The zero-order valence-electron chi connectivity index (χ0n) is 8.94. The zero-order valence-corrected chi connectivity index (χ0v) is 8.94. The Morgan fingerprint density at radius 1 is 1.40 bits per heavy atom. The normalized spacial score (nSPS) is 12.3. The van der Waals surface area contributed by atoms with Gasteiger partial charge >= 0.3 is 5.97 Å². The van der Waals surface area contributed by atoms with Crippen molar-refractivity contribution in [3.63, 3.8) is 0 Å². The Morgan fingerprint density at radius 2 is 2.00 bits per heavy atom. The first-order valence-electron chi connectivity index (χ1n) is 4.54. The Labute approximate surface area is 88.1 Å². The lowest BCUT2D eigenvalue weighted by molar-refractivity contribution is -0.150. The number of hydrogen-bond acceptors (Lipinski definition) is 4. The number of benzene rings is 1. The van der Waals surface area contributed by atoms with Crippen molar-refractivity contribution < 1.29 is 19.7 Å². The summed E-state index contributed by atoms with van der Waals surface area (Å²) < 4.78 is 4.42. The summed E-state index contributed by atoms with van der Waals surface area (Å²) in [5, 5.41) is 19.2. The molecule has 0 aliphatic carbocycles. The lowest BCUT2D eigenvalue weighted by Gasteiger charge is -2.14. The van der Waals surface area contributed by atoms with Gasteiger partial charge in [-0.3, -0.25) is 0 Å². The van der Waals surface area contributed by atoms with E-state index in [0.717, 1.165) is 5.56 Å². The fourth-order valence-corrected chi connectivity index (χ4v) is 1.40. The summed E-state index contributed by atoms with van der Waals surface area (Å²) >= 11 is 0. The average Bonchev–Trinajstić information content (AvgIpc) is 2.22. The molecule has 1 rings (SSSR count). The Morgan fingerprint density at radius 3 is 2.53 bits per heavy atom. The highest BCUT2D eigenvalue weighted by atomic mass is 16.5. The number of carbonyl (C=O) groups excluding carboxylic acids is 1. The van der Waals surface area contributed by atoms with Crippen LogP contribution in [0.3, 0.4) is 0 Å². The van der Waals surface area contributed by atoms with Gasteiger partial charge in [-0.05, 0) is 31.0 Å². The van der Waals surface area contributed by atoms with Gasteiger partial charge in [-0.1, -0.05) is 6.07 Å². The van der Waals surface area contributed by atoms with Crippen LogP contribution in [0.5, 0.6) is 5.75 Å². The number of aliphatic hydroxyl groups excluding tert-OH is 1. The summed E-state index contributed by atoms with van der Waals surface area (Å²) in [7, 11) is 1.19. The second kappa shape index (κ2) is 4.31. The third kappa shape index (κ3) is 2.10. The van der Waals surface area contributed by atoms with Crippen LogP contribution in [0.25, 0.3) is 0 Å². The molecule has 0 amide bonds. The van der Waals surface area contributed by atoms with Gasteiger partial charge in [0, 0.05) is 5.56 Å². The number of esters is 1. The Balaban J connectivity index is 3.24. The van der Waals surface area contributed by atoms with Crippen molar-refractivity contribution in [3.05, 3.63) is 28.8 Å². The summed E-state index contributed by atoms with van der Waals surface area (Å²) in [6.07, 6.45) is -1.44. The molecule has 82 valence electrons. The molecule has 1 aromatic carbocycles. The van der Waals surface area contributed by atoms with E-state index in [1.165, 1.54) is 13.2 Å². The molecule has 0 radical (unpaired) electrons. The Bertz CT molecular complexity index is 384. The minimum atomic E-state index is -1.44. The number of carbonyl (C=O) groups is 1. The highest BCUT2D eigenvalue weighted by Crippen LogP contribution is 2.30. The monoisotopic (exact) mass is 210 g/mol. The summed E-state index contributed by atoms with van der Waals surface area (Å²) in [4.78, 5) is 11.1. The number of ether oxygens (including phenoxy) is 1. The van der Waals surface area contributed by atoms with E-state index < -0.39 is 12.1 Å². The number of hydrogen-bond donors (Lipinski definition) is 2. The molecule has 0 spiro atoms. The first kappa shape index (κ1) is 11.5. The van der Waals surface area contributed by atoms with Gasteiger partial charge in [-0.25, -0.2) is 4.79 Å². The summed E-state index contributed by atoms with van der Waals surface area (Å²) in [6, 6.07) is 3.17. The predicted molar refractivity (Wildman–Crippen MR) is 54.6 cm³/mol. The Kier molecular flexibility index (Phi) is 3.31. The molecule has 1 atom stereocenters. The number of rotatable bonds is 2. The van der Waals surface area contributed by atoms with Crippen molar-refractivity contribution in [2.24, 2.45) is 0 Å². The molecule has 0 saturated heterocycles. The molecule has 0 bridgehead atoms. The van der Waals surface area contributed by atoms with E-state index in [9.17, 15) is 15.0 Å². The molecule has 0 aromatic heterocycles. The molecule has 1 unspecified atom stereocenters. The molecule has 4 heteroatoms. The molecule has 2 N–H and O–H groups in total. The van der Waals surface area contributed by atoms with Gasteiger partial charge in [0.1, 0.15) is 5.75 Å². The highest BCUT2D eigenvalue weighted by molar-refractivity contribution is 5.78. The topological polar surface area (TPSA) is 66.8 Å². The van der Waals surface area contributed by atoms with E-state index in [0.29, 0.717) is 5.56 Å². The van der Waals surface area contributed by atoms with E-state index in [2.05, 4.69) is 4.74 Å². The van der Waals surface area contributed by atoms with Gasteiger partial charge in [0.25, 0.3) is 0 Å². The first-order chi connectivity index (χ1) is 6.99. The maximum atomic E-state index is 11.1. The zero-order chi connectivity index (χ0) is 11.6. The number of aryl methyl sites for hydroxylation is 1. The van der Waals surface area contributed by atoms with Gasteiger partial charge in [-0.2, -0.15) is 0 Å². The third-order valence-electron chi connectivity index (χ3n) is 2.46. The largest absolute Gasteiger partial charge is 0.508 e. The van der Waals surface area contributed by atoms with Crippen LogP contribution in [0.4, 0.5) is 0 Å². The smallest absolute Gasteiger partial charge is 0.339 e. The van der Waals surface area contributed by atoms with Gasteiger partial charge in [0.15, 0.2) is 6.10 Å². The summed E-state index contributed by atoms with van der Waals surface area (Å²) in [5.41, 5.74) is 1.79. The van der Waals surface area contributed by atoms with Gasteiger partial charge < -0.3 is 14.9 Å². The van der Waals surface area contributed by atoms with Crippen molar-refractivity contribution in [2.45, 2.75) is 20.0 Å². The molecule has 0 heterocycles.